The molecule has 0 amide bonds. The minimum Gasteiger partial charge on any atom is -0.264 e. The summed E-state index contributed by atoms with van der Waals surface area (Å²) >= 11 is 7.60. The molecule has 2 rings (SSSR count). The lowest BCUT2D eigenvalue weighted by atomic mass is 9.97. The fourth-order valence-electron chi connectivity index (χ4n) is 1.70. The predicted molar refractivity (Wildman–Crippen MR) is 65.7 cm³/mol. The Morgan fingerprint density at radius 2 is 2.27 bits per heavy atom. The van der Waals surface area contributed by atoms with Gasteiger partial charge in [0.15, 0.2) is 0 Å². The van der Waals surface area contributed by atoms with Crippen LogP contribution in [-0.4, -0.2) is 4.98 Å². The highest BCUT2D eigenvalue weighted by atomic mass is 35.5. The maximum absolute atomic E-state index is 5.95. The van der Waals surface area contributed by atoms with E-state index in [9.17, 15) is 0 Å². The second-order valence-corrected chi connectivity index (χ2v) is 5.14. The van der Waals surface area contributed by atoms with Crippen LogP contribution in [0.2, 0.25) is 4.34 Å². The fourth-order valence-corrected chi connectivity index (χ4v) is 2.97. The highest BCUT2D eigenvalue weighted by Gasteiger charge is 2.13. The average molecular weight is 238 g/mol. The number of thiophene rings is 1. The average Bonchev–Trinajstić information content (AvgIpc) is 2.68. The molecule has 1 nitrogen and oxygen atoms in total. The van der Waals surface area contributed by atoms with Crippen LogP contribution in [0.1, 0.15) is 29.7 Å². The van der Waals surface area contributed by atoms with Gasteiger partial charge in [0.1, 0.15) is 0 Å². The van der Waals surface area contributed by atoms with Crippen LogP contribution in [0.25, 0.3) is 0 Å². The molecule has 0 bridgehead atoms. The molecule has 78 valence electrons. The van der Waals surface area contributed by atoms with Crippen LogP contribution in [0.3, 0.4) is 0 Å². The summed E-state index contributed by atoms with van der Waals surface area (Å²) in [6.07, 6.45) is 4.81. The third kappa shape index (κ3) is 2.39. The topological polar surface area (TPSA) is 12.9 Å². The smallest absolute Gasteiger partial charge is 0.0931 e. The zero-order valence-corrected chi connectivity index (χ0v) is 10.1. The molecule has 0 aliphatic heterocycles. The molecule has 0 radical (unpaired) electrons. The van der Waals surface area contributed by atoms with E-state index in [2.05, 4.69) is 24.0 Å². The van der Waals surface area contributed by atoms with Gasteiger partial charge in [-0.05, 0) is 30.2 Å². The molecule has 2 aromatic heterocycles. The number of aromatic nitrogens is 1. The molecule has 0 N–H and O–H groups in total. The lowest BCUT2D eigenvalue weighted by molar-refractivity contribution is 0.787. The van der Waals surface area contributed by atoms with Gasteiger partial charge >= 0.3 is 0 Å². The van der Waals surface area contributed by atoms with E-state index in [1.165, 1.54) is 10.4 Å². The maximum atomic E-state index is 5.95. The Morgan fingerprint density at radius 3 is 2.80 bits per heavy atom. The minimum absolute atomic E-state index is 0.427. The molecule has 0 aliphatic rings. The zero-order valence-electron chi connectivity index (χ0n) is 8.48. The van der Waals surface area contributed by atoms with Crippen molar-refractivity contribution in [3.05, 3.63) is 51.4 Å². The summed E-state index contributed by atoms with van der Waals surface area (Å²) in [5.74, 6) is 0.427. The standard InChI is InChI=1S/C12H12ClNS/c1-2-10(9-4-3-7-14-8-9)11-5-6-12(13)15-11/h3-8,10H,2H2,1H3. The van der Waals surface area contributed by atoms with Crippen molar-refractivity contribution in [3.8, 4) is 0 Å². The van der Waals surface area contributed by atoms with Gasteiger partial charge in [-0.15, -0.1) is 11.3 Å². The van der Waals surface area contributed by atoms with E-state index in [1.54, 1.807) is 17.5 Å². The third-order valence-electron chi connectivity index (χ3n) is 2.43. The van der Waals surface area contributed by atoms with Gasteiger partial charge in [0, 0.05) is 23.2 Å². The van der Waals surface area contributed by atoms with Crippen LogP contribution < -0.4 is 0 Å². The van der Waals surface area contributed by atoms with Crippen molar-refractivity contribution in [1.82, 2.24) is 4.98 Å². The van der Waals surface area contributed by atoms with Crippen molar-refractivity contribution >= 4 is 22.9 Å². The Balaban J connectivity index is 2.33. The summed E-state index contributed by atoms with van der Waals surface area (Å²) in [7, 11) is 0. The summed E-state index contributed by atoms with van der Waals surface area (Å²) < 4.78 is 0.854. The van der Waals surface area contributed by atoms with E-state index < -0.39 is 0 Å². The van der Waals surface area contributed by atoms with Crippen LogP contribution in [-0.2, 0) is 0 Å². The van der Waals surface area contributed by atoms with Gasteiger partial charge < -0.3 is 0 Å². The van der Waals surface area contributed by atoms with Crippen LogP contribution in [0, 0.1) is 0 Å². The van der Waals surface area contributed by atoms with E-state index in [0.29, 0.717) is 5.92 Å². The monoisotopic (exact) mass is 237 g/mol. The van der Waals surface area contributed by atoms with Crippen molar-refractivity contribution < 1.29 is 0 Å². The summed E-state index contributed by atoms with van der Waals surface area (Å²) in [6, 6.07) is 8.16. The van der Waals surface area contributed by atoms with Crippen molar-refractivity contribution in [2.45, 2.75) is 19.3 Å². The maximum Gasteiger partial charge on any atom is 0.0931 e. The van der Waals surface area contributed by atoms with Crippen molar-refractivity contribution in [2.75, 3.05) is 0 Å². The van der Waals surface area contributed by atoms with E-state index in [-0.39, 0.29) is 0 Å². The predicted octanol–water partition coefficient (Wildman–Crippen LogP) is 4.34. The number of nitrogens with zero attached hydrogens (tertiary/aromatic N) is 1. The number of hydrogen-bond donors (Lipinski definition) is 0. The number of rotatable bonds is 3. The summed E-state index contributed by atoms with van der Waals surface area (Å²) in [6.45, 7) is 2.19. The highest BCUT2D eigenvalue weighted by molar-refractivity contribution is 7.16. The molecule has 1 atom stereocenters. The molecule has 2 heterocycles. The SMILES string of the molecule is CCC(c1cccnc1)c1ccc(Cl)s1. The first-order chi connectivity index (χ1) is 7.31. The van der Waals surface area contributed by atoms with E-state index >= 15 is 0 Å². The molecule has 15 heavy (non-hydrogen) atoms. The molecule has 1 unspecified atom stereocenters. The van der Waals surface area contributed by atoms with Crippen LogP contribution >= 0.6 is 22.9 Å². The lowest BCUT2D eigenvalue weighted by Crippen LogP contribution is -1.97. The van der Waals surface area contributed by atoms with E-state index in [4.69, 9.17) is 11.6 Å². The van der Waals surface area contributed by atoms with Crippen molar-refractivity contribution in [2.24, 2.45) is 0 Å². The Labute approximate surface area is 98.7 Å². The molecule has 3 heteroatoms. The van der Waals surface area contributed by atoms with E-state index in [0.717, 1.165) is 10.8 Å². The Bertz CT molecular complexity index is 424. The van der Waals surface area contributed by atoms with Crippen LogP contribution in [0.15, 0.2) is 36.7 Å². The van der Waals surface area contributed by atoms with Crippen molar-refractivity contribution in [3.63, 3.8) is 0 Å². The largest absolute Gasteiger partial charge is 0.264 e. The Morgan fingerprint density at radius 1 is 1.40 bits per heavy atom. The number of halogens is 1. The first-order valence-electron chi connectivity index (χ1n) is 4.96. The molecule has 0 aliphatic carbocycles. The van der Waals surface area contributed by atoms with Crippen LogP contribution in [0.5, 0.6) is 0 Å². The first kappa shape index (κ1) is 10.7. The Hall–Kier alpha value is -0.860. The van der Waals surface area contributed by atoms with E-state index in [1.807, 2.05) is 18.3 Å². The molecule has 0 aromatic carbocycles. The second kappa shape index (κ2) is 4.77. The normalized spacial score (nSPS) is 12.7. The fraction of sp³-hybridized carbons (Fsp3) is 0.250. The van der Waals surface area contributed by atoms with Gasteiger partial charge in [-0.1, -0.05) is 24.6 Å². The second-order valence-electron chi connectivity index (χ2n) is 3.39. The minimum atomic E-state index is 0.427. The first-order valence-corrected chi connectivity index (χ1v) is 6.16. The van der Waals surface area contributed by atoms with Gasteiger partial charge in [-0.25, -0.2) is 0 Å². The summed E-state index contributed by atoms with van der Waals surface area (Å²) in [5.41, 5.74) is 1.26. The summed E-state index contributed by atoms with van der Waals surface area (Å²) in [4.78, 5) is 5.47. The highest BCUT2D eigenvalue weighted by Crippen LogP contribution is 2.34. The van der Waals surface area contributed by atoms with Gasteiger partial charge in [0.25, 0.3) is 0 Å². The molecule has 0 saturated heterocycles. The number of hydrogen-bond acceptors (Lipinski definition) is 2. The van der Waals surface area contributed by atoms with Gasteiger partial charge in [0.05, 0.1) is 4.34 Å². The molecule has 2 aromatic rings. The van der Waals surface area contributed by atoms with Gasteiger partial charge in [-0.3, -0.25) is 4.98 Å². The van der Waals surface area contributed by atoms with Crippen molar-refractivity contribution in [1.29, 1.82) is 0 Å². The zero-order chi connectivity index (χ0) is 10.7. The summed E-state index contributed by atoms with van der Waals surface area (Å²) in [5, 5.41) is 0. The molecular formula is C12H12ClNS. The number of pyridine rings is 1. The molecule has 0 saturated carbocycles. The van der Waals surface area contributed by atoms with Gasteiger partial charge in [-0.2, -0.15) is 0 Å². The molecule has 0 fully saturated rings. The quantitative estimate of drug-likeness (QED) is 0.774. The molecule has 0 spiro atoms. The van der Waals surface area contributed by atoms with Gasteiger partial charge in [0.2, 0.25) is 0 Å². The lowest BCUT2D eigenvalue weighted by Gasteiger charge is -2.12. The van der Waals surface area contributed by atoms with Crippen LogP contribution in [0.4, 0.5) is 0 Å². The Kier molecular flexibility index (Phi) is 3.39. The molecular weight excluding hydrogens is 226 g/mol. The third-order valence-corrected chi connectivity index (χ3v) is 3.78.